The van der Waals surface area contributed by atoms with Crippen LogP contribution in [-0.2, 0) is 9.53 Å². The molecule has 0 heterocycles. The van der Waals surface area contributed by atoms with Gasteiger partial charge in [-0.05, 0) is 33.6 Å². The molecule has 0 unspecified atom stereocenters. The van der Waals surface area contributed by atoms with Crippen molar-refractivity contribution in [3.63, 3.8) is 0 Å². The minimum absolute atomic E-state index is 0.238. The summed E-state index contributed by atoms with van der Waals surface area (Å²) in [5.41, 5.74) is 4.81. The Kier molecular flexibility index (Phi) is 2.66. The Morgan fingerprint density at radius 2 is 1.77 bits per heavy atom. The molecule has 0 aromatic heterocycles. The van der Waals surface area contributed by atoms with E-state index in [1.807, 2.05) is 20.8 Å². The van der Waals surface area contributed by atoms with Gasteiger partial charge in [0.05, 0.1) is 0 Å². The first-order valence-electron chi connectivity index (χ1n) is 4.86. The van der Waals surface area contributed by atoms with Crippen molar-refractivity contribution in [1.82, 2.24) is 0 Å². The van der Waals surface area contributed by atoms with Gasteiger partial charge in [-0.2, -0.15) is 0 Å². The standard InChI is InChI=1S/C10H19NO2/c1-9(2,3)13-8(12)10(11)6-4-5-7-10/h4-7,11H2,1-3H3. The van der Waals surface area contributed by atoms with Crippen LogP contribution in [-0.4, -0.2) is 17.1 Å². The van der Waals surface area contributed by atoms with Crippen molar-refractivity contribution in [1.29, 1.82) is 0 Å². The molecule has 0 aliphatic heterocycles. The molecule has 0 atom stereocenters. The first kappa shape index (κ1) is 10.5. The van der Waals surface area contributed by atoms with E-state index in [9.17, 15) is 4.79 Å². The molecule has 0 radical (unpaired) electrons. The van der Waals surface area contributed by atoms with Gasteiger partial charge in [0.15, 0.2) is 0 Å². The molecule has 0 aromatic carbocycles. The second-order valence-electron chi connectivity index (χ2n) is 4.87. The maximum atomic E-state index is 11.6. The van der Waals surface area contributed by atoms with Crippen molar-refractivity contribution >= 4 is 5.97 Å². The van der Waals surface area contributed by atoms with E-state index in [0.717, 1.165) is 25.7 Å². The molecule has 1 aliphatic carbocycles. The molecular formula is C10H19NO2. The number of esters is 1. The van der Waals surface area contributed by atoms with Gasteiger partial charge in [0.25, 0.3) is 0 Å². The molecule has 1 saturated carbocycles. The molecule has 0 spiro atoms. The number of ether oxygens (including phenoxy) is 1. The zero-order valence-electron chi connectivity index (χ0n) is 8.72. The van der Waals surface area contributed by atoms with Gasteiger partial charge in [-0.3, -0.25) is 4.79 Å². The van der Waals surface area contributed by atoms with E-state index in [1.54, 1.807) is 0 Å². The lowest BCUT2D eigenvalue weighted by Gasteiger charge is -2.27. The van der Waals surface area contributed by atoms with Crippen molar-refractivity contribution in [2.75, 3.05) is 0 Å². The number of carbonyl (C=O) groups excluding carboxylic acids is 1. The Morgan fingerprint density at radius 3 is 2.15 bits per heavy atom. The molecule has 1 rings (SSSR count). The Bertz CT molecular complexity index is 199. The lowest BCUT2D eigenvalue weighted by atomic mass is 9.99. The van der Waals surface area contributed by atoms with Crippen LogP contribution in [0.15, 0.2) is 0 Å². The minimum atomic E-state index is -0.701. The van der Waals surface area contributed by atoms with Crippen LogP contribution < -0.4 is 5.73 Å². The topological polar surface area (TPSA) is 52.3 Å². The van der Waals surface area contributed by atoms with Crippen LogP contribution in [0.5, 0.6) is 0 Å². The first-order chi connectivity index (χ1) is 5.83. The van der Waals surface area contributed by atoms with Crippen molar-refractivity contribution in [2.24, 2.45) is 5.73 Å². The summed E-state index contributed by atoms with van der Waals surface area (Å²) >= 11 is 0. The molecule has 3 heteroatoms. The van der Waals surface area contributed by atoms with Crippen LogP contribution in [0.2, 0.25) is 0 Å². The van der Waals surface area contributed by atoms with Crippen LogP contribution in [0.4, 0.5) is 0 Å². The smallest absolute Gasteiger partial charge is 0.326 e. The highest BCUT2D eigenvalue weighted by Crippen LogP contribution is 2.29. The van der Waals surface area contributed by atoms with Crippen molar-refractivity contribution in [3.05, 3.63) is 0 Å². The molecule has 0 aromatic rings. The second-order valence-corrected chi connectivity index (χ2v) is 4.87. The van der Waals surface area contributed by atoms with Crippen LogP contribution >= 0.6 is 0 Å². The number of carbonyl (C=O) groups is 1. The minimum Gasteiger partial charge on any atom is -0.459 e. The summed E-state index contributed by atoms with van der Waals surface area (Å²) in [5, 5.41) is 0. The second kappa shape index (κ2) is 3.29. The summed E-state index contributed by atoms with van der Waals surface area (Å²) in [5.74, 6) is -0.238. The van der Waals surface area contributed by atoms with Gasteiger partial charge >= 0.3 is 5.97 Å². The van der Waals surface area contributed by atoms with E-state index < -0.39 is 11.1 Å². The third-order valence-corrected chi connectivity index (χ3v) is 2.30. The van der Waals surface area contributed by atoms with E-state index in [2.05, 4.69) is 0 Å². The van der Waals surface area contributed by atoms with E-state index in [4.69, 9.17) is 10.5 Å². The Labute approximate surface area is 79.6 Å². The largest absolute Gasteiger partial charge is 0.459 e. The highest BCUT2D eigenvalue weighted by Gasteiger charge is 2.40. The number of hydrogen-bond donors (Lipinski definition) is 1. The Morgan fingerprint density at radius 1 is 1.31 bits per heavy atom. The summed E-state index contributed by atoms with van der Waals surface area (Å²) in [6, 6.07) is 0. The van der Waals surface area contributed by atoms with E-state index >= 15 is 0 Å². The van der Waals surface area contributed by atoms with Crippen LogP contribution in [0.3, 0.4) is 0 Å². The van der Waals surface area contributed by atoms with Crippen LogP contribution in [0.25, 0.3) is 0 Å². The SMILES string of the molecule is CC(C)(C)OC(=O)C1(N)CCCC1. The highest BCUT2D eigenvalue weighted by molar-refractivity contribution is 5.81. The maximum absolute atomic E-state index is 11.6. The van der Waals surface area contributed by atoms with Gasteiger partial charge in [0.1, 0.15) is 11.1 Å². The lowest BCUT2D eigenvalue weighted by Crippen LogP contribution is -2.48. The van der Waals surface area contributed by atoms with Gasteiger partial charge in [0.2, 0.25) is 0 Å². The molecular weight excluding hydrogens is 166 g/mol. The number of hydrogen-bond acceptors (Lipinski definition) is 3. The van der Waals surface area contributed by atoms with Crippen molar-refractivity contribution in [3.8, 4) is 0 Å². The molecule has 0 amide bonds. The molecule has 0 saturated heterocycles. The number of rotatable bonds is 1. The third-order valence-electron chi connectivity index (χ3n) is 2.30. The maximum Gasteiger partial charge on any atom is 0.326 e. The monoisotopic (exact) mass is 185 g/mol. The van der Waals surface area contributed by atoms with E-state index in [1.165, 1.54) is 0 Å². The summed E-state index contributed by atoms with van der Waals surface area (Å²) in [6.45, 7) is 5.59. The average molecular weight is 185 g/mol. The molecule has 76 valence electrons. The van der Waals surface area contributed by atoms with E-state index in [0.29, 0.717) is 0 Å². The summed E-state index contributed by atoms with van der Waals surface area (Å²) in [7, 11) is 0. The van der Waals surface area contributed by atoms with Gasteiger partial charge in [-0.25, -0.2) is 0 Å². The highest BCUT2D eigenvalue weighted by atomic mass is 16.6. The van der Waals surface area contributed by atoms with E-state index in [-0.39, 0.29) is 5.97 Å². The fraction of sp³-hybridized carbons (Fsp3) is 0.900. The first-order valence-corrected chi connectivity index (χ1v) is 4.86. The zero-order valence-corrected chi connectivity index (χ0v) is 8.72. The zero-order chi connectivity index (χ0) is 10.1. The third kappa shape index (κ3) is 2.69. The van der Waals surface area contributed by atoms with Crippen LogP contribution in [0.1, 0.15) is 46.5 Å². The molecule has 13 heavy (non-hydrogen) atoms. The van der Waals surface area contributed by atoms with Gasteiger partial charge in [-0.15, -0.1) is 0 Å². The van der Waals surface area contributed by atoms with Crippen molar-refractivity contribution in [2.45, 2.75) is 57.6 Å². The lowest BCUT2D eigenvalue weighted by molar-refractivity contribution is -0.161. The predicted octanol–water partition coefficient (Wildman–Crippen LogP) is 1.60. The summed E-state index contributed by atoms with van der Waals surface area (Å²) < 4.78 is 5.26. The van der Waals surface area contributed by atoms with Crippen molar-refractivity contribution < 1.29 is 9.53 Å². The Hall–Kier alpha value is -0.570. The van der Waals surface area contributed by atoms with Gasteiger partial charge in [0, 0.05) is 0 Å². The summed E-state index contributed by atoms with van der Waals surface area (Å²) in [4.78, 5) is 11.6. The Balaban J connectivity index is 2.57. The van der Waals surface area contributed by atoms with Crippen LogP contribution in [0, 0.1) is 0 Å². The normalized spacial score (nSPS) is 21.5. The predicted molar refractivity (Wildman–Crippen MR) is 51.2 cm³/mol. The molecule has 0 bridgehead atoms. The molecule has 2 N–H and O–H groups in total. The fourth-order valence-corrected chi connectivity index (χ4v) is 1.59. The van der Waals surface area contributed by atoms with Gasteiger partial charge < -0.3 is 10.5 Å². The molecule has 1 fully saturated rings. The fourth-order valence-electron chi connectivity index (χ4n) is 1.59. The summed E-state index contributed by atoms with van der Waals surface area (Å²) in [6.07, 6.45) is 3.61. The quantitative estimate of drug-likeness (QED) is 0.631. The average Bonchev–Trinajstić information content (AvgIpc) is 2.33. The molecule has 3 nitrogen and oxygen atoms in total. The number of nitrogens with two attached hydrogens (primary N) is 1. The van der Waals surface area contributed by atoms with Gasteiger partial charge in [-0.1, -0.05) is 12.8 Å². The molecule has 1 aliphatic rings.